The molecule has 0 aliphatic carbocycles. The van der Waals surface area contributed by atoms with Crippen LogP contribution in [-0.2, 0) is 11.2 Å². The lowest BCUT2D eigenvalue weighted by molar-refractivity contribution is -0.132. The van der Waals surface area contributed by atoms with Crippen LogP contribution in [0.15, 0.2) is 28.8 Å². The van der Waals surface area contributed by atoms with E-state index in [1.807, 2.05) is 4.90 Å². The molecule has 1 aromatic carbocycles. The normalized spacial score (nSPS) is 17.5. The Labute approximate surface area is 145 Å². The molecular formula is C19H22F2N2O2. The van der Waals surface area contributed by atoms with Crippen LogP contribution < -0.4 is 0 Å². The fraction of sp³-hybridized carbons (Fsp3) is 0.474. The average molecular weight is 348 g/mol. The summed E-state index contributed by atoms with van der Waals surface area (Å²) >= 11 is 0. The van der Waals surface area contributed by atoms with Crippen molar-refractivity contribution in [3.8, 4) is 11.3 Å². The molecule has 0 bridgehead atoms. The topological polar surface area (TPSA) is 46.3 Å². The number of nitrogens with zero attached hydrogens (tertiary/aromatic N) is 2. The van der Waals surface area contributed by atoms with Gasteiger partial charge in [0, 0.05) is 25.4 Å². The first kappa shape index (κ1) is 17.6. The molecule has 1 fully saturated rings. The predicted molar refractivity (Wildman–Crippen MR) is 89.7 cm³/mol. The smallest absolute Gasteiger partial charge is 0.223 e. The van der Waals surface area contributed by atoms with Crippen molar-refractivity contribution in [2.45, 2.75) is 45.6 Å². The zero-order chi connectivity index (χ0) is 18.0. The molecule has 134 valence electrons. The lowest BCUT2D eigenvalue weighted by Crippen LogP contribution is -2.38. The lowest BCUT2D eigenvalue weighted by Gasteiger charge is -2.27. The summed E-state index contributed by atoms with van der Waals surface area (Å²) in [6.45, 7) is 5.04. The maximum absolute atomic E-state index is 13.8. The number of rotatable bonds is 5. The number of oxazole rings is 1. The van der Waals surface area contributed by atoms with Crippen molar-refractivity contribution in [2.75, 3.05) is 6.54 Å². The first-order valence-electron chi connectivity index (χ1n) is 8.66. The van der Waals surface area contributed by atoms with Crippen molar-refractivity contribution in [3.05, 3.63) is 41.9 Å². The second-order valence-electron chi connectivity index (χ2n) is 6.76. The van der Waals surface area contributed by atoms with Crippen LogP contribution in [0.5, 0.6) is 0 Å². The molecule has 0 unspecified atom stereocenters. The minimum Gasteiger partial charge on any atom is -0.441 e. The number of carbonyl (C=O) groups is 1. The molecule has 4 nitrogen and oxygen atoms in total. The van der Waals surface area contributed by atoms with Gasteiger partial charge in [-0.3, -0.25) is 4.79 Å². The zero-order valence-corrected chi connectivity index (χ0v) is 14.5. The summed E-state index contributed by atoms with van der Waals surface area (Å²) in [7, 11) is 0. The molecule has 0 radical (unpaired) electrons. The highest BCUT2D eigenvalue weighted by molar-refractivity contribution is 5.77. The van der Waals surface area contributed by atoms with Crippen LogP contribution in [-0.4, -0.2) is 28.4 Å². The molecule has 1 aromatic heterocycles. The van der Waals surface area contributed by atoms with Gasteiger partial charge in [-0.05, 0) is 30.9 Å². The Morgan fingerprint density at radius 3 is 2.76 bits per heavy atom. The van der Waals surface area contributed by atoms with Crippen molar-refractivity contribution in [2.24, 2.45) is 5.92 Å². The van der Waals surface area contributed by atoms with Crippen molar-refractivity contribution in [1.29, 1.82) is 0 Å². The van der Waals surface area contributed by atoms with Gasteiger partial charge >= 0.3 is 0 Å². The summed E-state index contributed by atoms with van der Waals surface area (Å²) in [4.78, 5) is 18.4. The van der Waals surface area contributed by atoms with Crippen LogP contribution in [0.2, 0.25) is 0 Å². The summed E-state index contributed by atoms with van der Waals surface area (Å²) < 4.78 is 33.0. The van der Waals surface area contributed by atoms with E-state index >= 15 is 0 Å². The fourth-order valence-electron chi connectivity index (χ4n) is 3.43. The van der Waals surface area contributed by atoms with Crippen LogP contribution in [0, 0.1) is 17.6 Å². The molecule has 2 heterocycles. The number of likely N-dealkylation sites (tertiary alicyclic amines) is 1. The van der Waals surface area contributed by atoms with Gasteiger partial charge in [-0.1, -0.05) is 19.9 Å². The van der Waals surface area contributed by atoms with E-state index in [1.165, 1.54) is 24.4 Å². The van der Waals surface area contributed by atoms with Gasteiger partial charge in [-0.2, -0.15) is 0 Å². The van der Waals surface area contributed by atoms with E-state index in [0.717, 1.165) is 19.4 Å². The Morgan fingerprint density at radius 1 is 1.36 bits per heavy atom. The summed E-state index contributed by atoms with van der Waals surface area (Å²) in [5.74, 6) is -0.534. The highest BCUT2D eigenvalue weighted by Gasteiger charge is 2.30. The number of hydrogen-bond donors (Lipinski definition) is 0. The molecule has 2 aromatic rings. The maximum Gasteiger partial charge on any atom is 0.223 e. The third-order valence-electron chi connectivity index (χ3n) is 4.70. The quantitative estimate of drug-likeness (QED) is 0.813. The van der Waals surface area contributed by atoms with E-state index in [0.29, 0.717) is 24.3 Å². The molecule has 25 heavy (non-hydrogen) atoms. The predicted octanol–water partition coefficient (Wildman–Crippen LogP) is 4.20. The molecule has 1 aliphatic heterocycles. The number of hydrogen-bond acceptors (Lipinski definition) is 3. The van der Waals surface area contributed by atoms with Crippen molar-refractivity contribution in [1.82, 2.24) is 9.88 Å². The number of carbonyl (C=O) groups excluding carboxylic acids is 1. The van der Waals surface area contributed by atoms with Gasteiger partial charge in [-0.15, -0.1) is 0 Å². The lowest BCUT2D eigenvalue weighted by atomic mass is 10.0. The SMILES string of the molecule is CC(C)[C@@H]1CCCN1C(=O)CCc1ncc(-c2c(F)cccc2F)o1. The third kappa shape index (κ3) is 3.72. The number of aryl methyl sites for hydroxylation is 1. The summed E-state index contributed by atoms with van der Waals surface area (Å²) in [5, 5.41) is 0. The molecular weight excluding hydrogens is 326 g/mol. The molecule has 3 rings (SSSR count). The van der Waals surface area contributed by atoms with Gasteiger partial charge in [0.2, 0.25) is 5.91 Å². The fourth-order valence-corrected chi connectivity index (χ4v) is 3.43. The first-order valence-corrected chi connectivity index (χ1v) is 8.66. The highest BCUT2D eigenvalue weighted by Crippen LogP contribution is 2.28. The maximum atomic E-state index is 13.8. The minimum atomic E-state index is -0.699. The van der Waals surface area contributed by atoms with Gasteiger partial charge in [0.25, 0.3) is 0 Å². The molecule has 0 N–H and O–H groups in total. The van der Waals surface area contributed by atoms with Gasteiger partial charge in [-0.25, -0.2) is 13.8 Å². The zero-order valence-electron chi connectivity index (χ0n) is 14.5. The van der Waals surface area contributed by atoms with E-state index in [1.54, 1.807) is 0 Å². The number of aromatic nitrogens is 1. The number of halogens is 2. The Bertz CT molecular complexity index is 737. The van der Waals surface area contributed by atoms with Gasteiger partial charge in [0.1, 0.15) is 11.6 Å². The Balaban J connectivity index is 1.65. The number of benzene rings is 1. The molecule has 6 heteroatoms. The largest absolute Gasteiger partial charge is 0.441 e. The second-order valence-corrected chi connectivity index (χ2v) is 6.76. The van der Waals surface area contributed by atoms with Crippen molar-refractivity contribution in [3.63, 3.8) is 0 Å². The van der Waals surface area contributed by atoms with Crippen molar-refractivity contribution < 1.29 is 18.0 Å². The van der Waals surface area contributed by atoms with E-state index in [4.69, 9.17) is 4.42 Å². The molecule has 0 saturated carbocycles. The number of amides is 1. The monoisotopic (exact) mass is 348 g/mol. The highest BCUT2D eigenvalue weighted by atomic mass is 19.1. The van der Waals surface area contributed by atoms with Gasteiger partial charge in [0.15, 0.2) is 11.7 Å². The van der Waals surface area contributed by atoms with Crippen LogP contribution in [0.25, 0.3) is 11.3 Å². The van der Waals surface area contributed by atoms with Crippen LogP contribution >= 0.6 is 0 Å². The molecule has 1 atom stereocenters. The van der Waals surface area contributed by atoms with E-state index in [2.05, 4.69) is 18.8 Å². The van der Waals surface area contributed by atoms with E-state index < -0.39 is 11.6 Å². The first-order chi connectivity index (χ1) is 12.0. The Hall–Kier alpha value is -2.24. The summed E-state index contributed by atoms with van der Waals surface area (Å²) in [6, 6.07) is 3.93. The minimum absolute atomic E-state index is 0.0410. The van der Waals surface area contributed by atoms with Crippen LogP contribution in [0.3, 0.4) is 0 Å². The van der Waals surface area contributed by atoms with Crippen molar-refractivity contribution >= 4 is 5.91 Å². The summed E-state index contributed by atoms with van der Waals surface area (Å²) in [5.41, 5.74) is -0.230. The third-order valence-corrected chi connectivity index (χ3v) is 4.70. The Morgan fingerprint density at radius 2 is 2.08 bits per heavy atom. The standard InChI is InChI=1S/C19H22F2N2O2/c1-12(2)15-7-4-10-23(15)18(24)9-8-17-22-11-16(25-17)19-13(20)5-3-6-14(19)21/h3,5-6,11-12,15H,4,7-10H2,1-2H3/t15-/m0/s1. The molecule has 1 saturated heterocycles. The summed E-state index contributed by atoms with van der Waals surface area (Å²) in [6.07, 6.45) is 3.97. The van der Waals surface area contributed by atoms with Gasteiger partial charge in [0.05, 0.1) is 11.8 Å². The molecule has 1 amide bonds. The average Bonchev–Trinajstić information content (AvgIpc) is 3.22. The van der Waals surface area contributed by atoms with E-state index in [-0.39, 0.29) is 23.7 Å². The molecule has 1 aliphatic rings. The van der Waals surface area contributed by atoms with Crippen LogP contribution in [0.1, 0.15) is 39.0 Å². The second kappa shape index (κ2) is 7.33. The van der Waals surface area contributed by atoms with Crippen LogP contribution in [0.4, 0.5) is 8.78 Å². The van der Waals surface area contributed by atoms with Gasteiger partial charge < -0.3 is 9.32 Å². The van der Waals surface area contributed by atoms with E-state index in [9.17, 15) is 13.6 Å². The Kier molecular flexibility index (Phi) is 5.16. The molecule has 0 spiro atoms.